The van der Waals surface area contributed by atoms with E-state index in [1.54, 1.807) is 13.8 Å². The lowest BCUT2D eigenvalue weighted by molar-refractivity contribution is 0.163. The van der Waals surface area contributed by atoms with Gasteiger partial charge >= 0.3 is 0 Å². The molecule has 0 aliphatic rings. The third kappa shape index (κ3) is 4.75. The van der Waals surface area contributed by atoms with Crippen LogP contribution in [0.1, 0.15) is 13.8 Å². The number of aliphatic hydroxyl groups excluding tert-OH is 1. The Morgan fingerprint density at radius 2 is 1.43 bits per heavy atom. The lowest BCUT2D eigenvalue weighted by Gasteiger charge is -2.21. The van der Waals surface area contributed by atoms with Gasteiger partial charge in [0.15, 0.2) is 0 Å². The third-order valence-electron chi connectivity index (χ3n) is 2.88. The zero-order valence-corrected chi connectivity index (χ0v) is 13.8. The number of hydrogen-bond acceptors (Lipinski definition) is 5. The predicted octanol–water partition coefficient (Wildman–Crippen LogP) is -0.108. The van der Waals surface area contributed by atoms with Gasteiger partial charge in [-0.3, -0.25) is 0 Å². The first-order chi connectivity index (χ1) is 9.54. The van der Waals surface area contributed by atoms with Crippen LogP contribution in [-0.4, -0.2) is 42.1 Å². The first-order valence-corrected chi connectivity index (χ1v) is 9.15. The minimum absolute atomic E-state index is 0.0142. The average molecular weight is 336 g/mol. The smallest absolute Gasteiger partial charge is 0.240 e. The lowest BCUT2D eigenvalue weighted by Crippen LogP contribution is -2.36. The molecule has 0 saturated heterocycles. The molecule has 21 heavy (non-hydrogen) atoms. The summed E-state index contributed by atoms with van der Waals surface area (Å²) in [5.41, 5.74) is -0.581. The molecular formula is C12H20N2O5S2. The van der Waals surface area contributed by atoms with E-state index in [2.05, 4.69) is 9.44 Å². The monoisotopic (exact) mass is 336 g/mol. The van der Waals surface area contributed by atoms with E-state index in [0.717, 1.165) is 0 Å². The minimum Gasteiger partial charge on any atom is -0.396 e. The van der Waals surface area contributed by atoms with E-state index in [-0.39, 0.29) is 22.9 Å². The number of hydrogen-bond donors (Lipinski definition) is 3. The lowest BCUT2D eigenvalue weighted by atomic mass is 9.96. The molecule has 0 radical (unpaired) electrons. The van der Waals surface area contributed by atoms with Gasteiger partial charge in [-0.05, 0) is 31.3 Å². The highest BCUT2D eigenvalue weighted by Crippen LogP contribution is 2.16. The summed E-state index contributed by atoms with van der Waals surface area (Å²) >= 11 is 0. The molecule has 0 aliphatic heterocycles. The van der Waals surface area contributed by atoms with Crippen molar-refractivity contribution in [3.05, 3.63) is 24.3 Å². The molecule has 120 valence electrons. The largest absolute Gasteiger partial charge is 0.396 e. The highest BCUT2D eigenvalue weighted by atomic mass is 32.2. The quantitative estimate of drug-likeness (QED) is 0.643. The van der Waals surface area contributed by atoms with Gasteiger partial charge in [0.2, 0.25) is 20.0 Å². The summed E-state index contributed by atoms with van der Waals surface area (Å²) in [6, 6.07) is 4.88. The number of sulfonamides is 2. The topological polar surface area (TPSA) is 113 Å². The average Bonchev–Trinajstić information content (AvgIpc) is 2.45. The molecular weight excluding hydrogens is 316 g/mol. The summed E-state index contributed by atoms with van der Waals surface area (Å²) < 4.78 is 51.8. The summed E-state index contributed by atoms with van der Waals surface area (Å²) in [5.74, 6) is 0. The van der Waals surface area contributed by atoms with E-state index >= 15 is 0 Å². The summed E-state index contributed by atoms with van der Waals surface area (Å²) in [6.45, 7) is 3.35. The van der Waals surface area contributed by atoms with Crippen molar-refractivity contribution >= 4 is 20.0 Å². The molecule has 0 fully saturated rings. The molecule has 9 heteroatoms. The molecule has 0 saturated carbocycles. The van der Waals surface area contributed by atoms with Crippen molar-refractivity contribution < 1.29 is 21.9 Å². The van der Waals surface area contributed by atoms with E-state index in [0.29, 0.717) is 0 Å². The predicted molar refractivity (Wildman–Crippen MR) is 78.7 cm³/mol. The number of aliphatic hydroxyl groups is 1. The standard InChI is InChI=1S/C12H20N2O5S2/c1-12(2,9-15)8-14-21(18,19)11-6-4-10(5-7-11)20(16,17)13-3/h4-7,13-15H,8-9H2,1-3H3. The van der Waals surface area contributed by atoms with Crippen LogP contribution >= 0.6 is 0 Å². The Morgan fingerprint density at radius 3 is 1.81 bits per heavy atom. The second-order valence-electron chi connectivity index (χ2n) is 5.33. The van der Waals surface area contributed by atoms with Crippen molar-refractivity contribution in [3.63, 3.8) is 0 Å². The Labute approximate surface area is 125 Å². The van der Waals surface area contributed by atoms with Gasteiger partial charge in [0.1, 0.15) is 0 Å². The Hall–Kier alpha value is -1.00. The van der Waals surface area contributed by atoms with E-state index < -0.39 is 25.5 Å². The fraction of sp³-hybridized carbons (Fsp3) is 0.500. The molecule has 3 N–H and O–H groups in total. The van der Waals surface area contributed by atoms with Crippen molar-refractivity contribution in [2.24, 2.45) is 5.41 Å². The molecule has 7 nitrogen and oxygen atoms in total. The molecule has 0 unspecified atom stereocenters. The van der Waals surface area contributed by atoms with Gasteiger partial charge in [0.25, 0.3) is 0 Å². The fourth-order valence-corrected chi connectivity index (χ4v) is 3.32. The van der Waals surface area contributed by atoms with Crippen molar-refractivity contribution in [2.75, 3.05) is 20.2 Å². The third-order valence-corrected chi connectivity index (χ3v) is 5.73. The molecule has 0 aromatic heterocycles. The second-order valence-corrected chi connectivity index (χ2v) is 8.98. The van der Waals surface area contributed by atoms with Gasteiger partial charge in [-0.15, -0.1) is 0 Å². The zero-order valence-electron chi connectivity index (χ0n) is 12.1. The van der Waals surface area contributed by atoms with Gasteiger partial charge in [-0.2, -0.15) is 0 Å². The van der Waals surface area contributed by atoms with E-state index in [1.807, 2.05) is 0 Å². The summed E-state index contributed by atoms with van der Waals surface area (Å²) in [6.07, 6.45) is 0. The maximum atomic E-state index is 12.1. The van der Waals surface area contributed by atoms with Crippen molar-refractivity contribution in [1.82, 2.24) is 9.44 Å². The maximum absolute atomic E-state index is 12.1. The summed E-state index contributed by atoms with van der Waals surface area (Å²) in [7, 11) is -6.07. The molecule has 1 rings (SSSR count). The Kier molecular flexibility index (Phi) is 5.51. The normalized spacial score (nSPS) is 13.3. The molecule has 0 spiro atoms. The number of rotatable bonds is 7. The van der Waals surface area contributed by atoms with E-state index in [1.165, 1.54) is 31.3 Å². The maximum Gasteiger partial charge on any atom is 0.240 e. The minimum atomic E-state index is -3.75. The summed E-state index contributed by atoms with van der Waals surface area (Å²) in [4.78, 5) is -0.0501. The van der Waals surface area contributed by atoms with Crippen LogP contribution in [-0.2, 0) is 20.0 Å². The second kappa shape index (κ2) is 6.41. The van der Waals surface area contributed by atoms with Crippen LogP contribution in [0.4, 0.5) is 0 Å². The van der Waals surface area contributed by atoms with Gasteiger partial charge in [0.05, 0.1) is 9.79 Å². The Morgan fingerprint density at radius 1 is 1.00 bits per heavy atom. The van der Waals surface area contributed by atoms with Crippen LogP contribution in [0.2, 0.25) is 0 Å². The van der Waals surface area contributed by atoms with Gasteiger partial charge in [0, 0.05) is 18.6 Å². The molecule has 0 aliphatic carbocycles. The van der Waals surface area contributed by atoms with Gasteiger partial charge in [-0.1, -0.05) is 13.8 Å². The van der Waals surface area contributed by atoms with Crippen LogP contribution in [0.25, 0.3) is 0 Å². The van der Waals surface area contributed by atoms with Gasteiger partial charge < -0.3 is 5.11 Å². The molecule has 0 atom stereocenters. The highest BCUT2D eigenvalue weighted by molar-refractivity contribution is 7.90. The molecule has 0 heterocycles. The molecule has 1 aromatic rings. The van der Waals surface area contributed by atoms with Crippen LogP contribution in [0.5, 0.6) is 0 Å². The Bertz CT molecular complexity index is 679. The number of benzene rings is 1. The molecule has 0 bridgehead atoms. The first-order valence-electron chi connectivity index (χ1n) is 6.18. The molecule has 1 aromatic carbocycles. The summed E-state index contributed by atoms with van der Waals surface area (Å²) in [5, 5.41) is 9.11. The van der Waals surface area contributed by atoms with E-state index in [4.69, 9.17) is 5.11 Å². The zero-order chi connectivity index (χ0) is 16.3. The van der Waals surface area contributed by atoms with Crippen LogP contribution in [0.3, 0.4) is 0 Å². The van der Waals surface area contributed by atoms with Crippen LogP contribution < -0.4 is 9.44 Å². The van der Waals surface area contributed by atoms with Crippen molar-refractivity contribution in [2.45, 2.75) is 23.6 Å². The SMILES string of the molecule is CNS(=O)(=O)c1ccc(S(=O)(=O)NCC(C)(C)CO)cc1. The first kappa shape index (κ1) is 18.1. The van der Waals surface area contributed by atoms with Gasteiger partial charge in [-0.25, -0.2) is 26.3 Å². The molecule has 0 amide bonds. The van der Waals surface area contributed by atoms with Crippen LogP contribution in [0.15, 0.2) is 34.1 Å². The van der Waals surface area contributed by atoms with Crippen molar-refractivity contribution in [1.29, 1.82) is 0 Å². The number of nitrogens with one attached hydrogen (secondary N) is 2. The fourth-order valence-electron chi connectivity index (χ4n) is 1.35. The Balaban J connectivity index is 2.96. The van der Waals surface area contributed by atoms with Crippen molar-refractivity contribution in [3.8, 4) is 0 Å². The van der Waals surface area contributed by atoms with Crippen LogP contribution in [0, 0.1) is 5.41 Å². The van der Waals surface area contributed by atoms with E-state index in [9.17, 15) is 16.8 Å². The highest BCUT2D eigenvalue weighted by Gasteiger charge is 2.22.